The van der Waals surface area contributed by atoms with Crippen molar-refractivity contribution in [2.24, 2.45) is 0 Å². The van der Waals surface area contributed by atoms with Gasteiger partial charge in [0.05, 0.1) is 21.7 Å². The topological polar surface area (TPSA) is 54.5 Å². The summed E-state index contributed by atoms with van der Waals surface area (Å²) >= 11 is 9.69. The Morgan fingerprint density at radius 3 is 2.74 bits per heavy atom. The molecule has 1 amide bonds. The van der Waals surface area contributed by atoms with Gasteiger partial charge in [-0.05, 0) is 15.9 Å². The fraction of sp³-hybridized carbons (Fsp3) is 0.500. The van der Waals surface area contributed by atoms with Crippen LogP contribution < -0.4 is 10.2 Å². The third-order valence-electron chi connectivity index (χ3n) is 3.68. The van der Waals surface area contributed by atoms with E-state index in [-0.39, 0.29) is 11.7 Å². The summed E-state index contributed by atoms with van der Waals surface area (Å²) in [5, 5.41) is 3.36. The third kappa shape index (κ3) is 2.39. The Labute approximate surface area is 124 Å². The van der Waals surface area contributed by atoms with Crippen molar-refractivity contribution in [3.8, 4) is 0 Å². The van der Waals surface area contributed by atoms with E-state index in [1.54, 1.807) is 12.4 Å². The van der Waals surface area contributed by atoms with Gasteiger partial charge in [0.2, 0.25) is 0 Å². The summed E-state index contributed by atoms with van der Waals surface area (Å²) in [4.78, 5) is 17.4. The molecule has 3 rings (SSSR count). The fourth-order valence-corrected chi connectivity index (χ4v) is 3.60. The minimum absolute atomic E-state index is 0.309. The Kier molecular flexibility index (Phi) is 3.30. The van der Waals surface area contributed by atoms with Crippen molar-refractivity contribution in [3.05, 3.63) is 21.9 Å². The average Bonchev–Trinajstić information content (AvgIpc) is 2.73. The van der Waals surface area contributed by atoms with Crippen LogP contribution in [0.5, 0.6) is 0 Å². The largest absolute Gasteiger partial charge is 0.441 e. The van der Waals surface area contributed by atoms with Crippen LogP contribution in [0.15, 0.2) is 16.9 Å². The van der Waals surface area contributed by atoms with Crippen molar-refractivity contribution in [1.29, 1.82) is 0 Å². The minimum atomic E-state index is -0.334. The number of carbonyl (C=O) groups is 1. The molecule has 2 aliphatic rings. The molecule has 1 N–H and O–H groups in total. The summed E-state index contributed by atoms with van der Waals surface area (Å²) in [6.07, 6.45) is 4.68. The molecule has 2 saturated heterocycles. The minimum Gasteiger partial charge on any atom is -0.441 e. The lowest BCUT2D eigenvalue weighted by atomic mass is 9.91. The fourth-order valence-electron chi connectivity index (χ4n) is 2.63. The Morgan fingerprint density at radius 2 is 2.16 bits per heavy atom. The lowest BCUT2D eigenvalue weighted by molar-refractivity contribution is 0.0366. The van der Waals surface area contributed by atoms with Gasteiger partial charge in [-0.15, -0.1) is 0 Å². The number of rotatable bonds is 1. The van der Waals surface area contributed by atoms with Gasteiger partial charge in [0.25, 0.3) is 0 Å². The molecule has 5 nitrogen and oxygen atoms in total. The van der Waals surface area contributed by atoms with Gasteiger partial charge in [-0.25, -0.2) is 4.79 Å². The van der Waals surface area contributed by atoms with Crippen molar-refractivity contribution in [2.75, 3.05) is 24.5 Å². The van der Waals surface area contributed by atoms with Crippen LogP contribution in [0, 0.1) is 0 Å². The number of alkyl carbamates (subject to hydrolysis) is 1. The molecule has 0 unspecified atom stereocenters. The van der Waals surface area contributed by atoms with E-state index < -0.39 is 0 Å². The first kappa shape index (κ1) is 13.0. The molecule has 0 saturated carbocycles. The number of nitrogens with zero attached hydrogens (tertiary/aromatic N) is 2. The zero-order chi connectivity index (χ0) is 13.5. The molecule has 19 heavy (non-hydrogen) atoms. The molecule has 0 bridgehead atoms. The van der Waals surface area contributed by atoms with Gasteiger partial charge in [0.15, 0.2) is 0 Å². The predicted octanol–water partition coefficient (Wildman–Crippen LogP) is 2.58. The van der Waals surface area contributed by atoms with E-state index in [1.807, 2.05) is 0 Å². The number of nitrogens with one attached hydrogen (secondary N) is 1. The standard InChI is InChI=1S/C12H13BrClN3O2/c13-8-5-15-6-9(14)10(8)17-3-1-12(2-4-17)7-16-11(18)19-12/h5-6H,1-4,7H2,(H,16,18). The van der Waals surface area contributed by atoms with Gasteiger partial charge < -0.3 is 15.0 Å². The van der Waals surface area contributed by atoms with Crippen LogP contribution in [-0.2, 0) is 4.74 Å². The first-order chi connectivity index (χ1) is 9.10. The van der Waals surface area contributed by atoms with Gasteiger partial charge >= 0.3 is 6.09 Å². The maximum Gasteiger partial charge on any atom is 0.407 e. The average molecular weight is 347 g/mol. The van der Waals surface area contributed by atoms with Gasteiger partial charge in [-0.3, -0.25) is 4.98 Å². The van der Waals surface area contributed by atoms with Crippen LogP contribution in [0.1, 0.15) is 12.8 Å². The molecule has 102 valence electrons. The maximum atomic E-state index is 11.2. The zero-order valence-corrected chi connectivity index (χ0v) is 12.5. The second-order valence-corrected chi connectivity index (χ2v) is 6.13. The SMILES string of the molecule is O=C1NCC2(CCN(c3c(Cl)cncc3Br)CC2)O1. The summed E-state index contributed by atoms with van der Waals surface area (Å²) < 4.78 is 6.29. The lowest BCUT2D eigenvalue weighted by Crippen LogP contribution is -2.46. The van der Waals surface area contributed by atoms with Crippen LogP contribution in [-0.4, -0.2) is 36.3 Å². The number of pyridine rings is 1. The summed E-state index contributed by atoms with van der Waals surface area (Å²) in [5.74, 6) is 0. The summed E-state index contributed by atoms with van der Waals surface area (Å²) in [6, 6.07) is 0. The molecule has 0 aliphatic carbocycles. The van der Waals surface area contributed by atoms with Gasteiger partial charge in [0, 0.05) is 38.3 Å². The van der Waals surface area contributed by atoms with Crippen LogP contribution in [0.2, 0.25) is 5.02 Å². The number of hydrogen-bond acceptors (Lipinski definition) is 4. The first-order valence-electron chi connectivity index (χ1n) is 6.10. The van der Waals surface area contributed by atoms with E-state index in [1.165, 1.54) is 0 Å². The highest BCUT2D eigenvalue weighted by Gasteiger charge is 2.43. The molecule has 0 radical (unpaired) electrons. The quantitative estimate of drug-likeness (QED) is 0.849. The Morgan fingerprint density at radius 1 is 1.42 bits per heavy atom. The first-order valence-corrected chi connectivity index (χ1v) is 7.28. The highest BCUT2D eigenvalue weighted by molar-refractivity contribution is 9.10. The highest BCUT2D eigenvalue weighted by Crippen LogP contribution is 2.37. The normalized spacial score (nSPS) is 21.4. The summed E-state index contributed by atoms with van der Waals surface area (Å²) in [6.45, 7) is 2.21. The molecule has 1 aromatic heterocycles. The number of ether oxygens (including phenoxy) is 1. The number of piperidine rings is 1. The Bertz CT molecular complexity index is 497. The van der Waals surface area contributed by atoms with Gasteiger partial charge in [-0.1, -0.05) is 11.6 Å². The van der Waals surface area contributed by atoms with E-state index in [0.717, 1.165) is 36.1 Å². The monoisotopic (exact) mass is 345 g/mol. The molecular formula is C12H13BrClN3O2. The van der Waals surface area contributed by atoms with Crippen LogP contribution in [0.3, 0.4) is 0 Å². The highest BCUT2D eigenvalue weighted by atomic mass is 79.9. The van der Waals surface area contributed by atoms with Gasteiger partial charge in [-0.2, -0.15) is 0 Å². The predicted molar refractivity (Wildman–Crippen MR) is 75.6 cm³/mol. The number of carbonyl (C=O) groups excluding carboxylic acids is 1. The smallest absolute Gasteiger partial charge is 0.407 e. The Hall–Kier alpha value is -1.01. The zero-order valence-electron chi connectivity index (χ0n) is 10.2. The van der Waals surface area contributed by atoms with Crippen LogP contribution >= 0.6 is 27.5 Å². The van der Waals surface area contributed by atoms with E-state index >= 15 is 0 Å². The maximum absolute atomic E-state index is 11.2. The molecule has 1 aromatic rings. The second kappa shape index (κ2) is 4.83. The van der Waals surface area contributed by atoms with Gasteiger partial charge in [0.1, 0.15) is 5.60 Å². The van der Waals surface area contributed by atoms with Crippen molar-refractivity contribution in [1.82, 2.24) is 10.3 Å². The molecule has 2 fully saturated rings. The number of hydrogen-bond donors (Lipinski definition) is 1. The van der Waals surface area contributed by atoms with E-state index in [0.29, 0.717) is 11.6 Å². The van der Waals surface area contributed by atoms with E-state index in [9.17, 15) is 4.79 Å². The number of amides is 1. The third-order valence-corrected chi connectivity index (χ3v) is 4.54. The van der Waals surface area contributed by atoms with Crippen LogP contribution in [0.4, 0.5) is 10.5 Å². The Balaban J connectivity index is 1.75. The second-order valence-electron chi connectivity index (χ2n) is 4.86. The number of anilines is 1. The molecule has 0 atom stereocenters. The van der Waals surface area contributed by atoms with Crippen LogP contribution in [0.25, 0.3) is 0 Å². The van der Waals surface area contributed by atoms with Crippen molar-refractivity contribution >= 4 is 39.3 Å². The molecule has 0 aromatic carbocycles. The van der Waals surface area contributed by atoms with Crippen molar-refractivity contribution in [2.45, 2.75) is 18.4 Å². The molecular weight excluding hydrogens is 334 g/mol. The van der Waals surface area contributed by atoms with E-state index in [4.69, 9.17) is 16.3 Å². The summed E-state index contributed by atoms with van der Waals surface area (Å²) in [7, 11) is 0. The molecule has 2 aliphatic heterocycles. The number of aromatic nitrogens is 1. The number of halogens is 2. The van der Waals surface area contributed by atoms with Crippen molar-refractivity contribution in [3.63, 3.8) is 0 Å². The molecule has 3 heterocycles. The van der Waals surface area contributed by atoms with Crippen molar-refractivity contribution < 1.29 is 9.53 Å². The molecule has 7 heteroatoms. The van der Waals surface area contributed by atoms with E-state index in [2.05, 4.69) is 31.1 Å². The summed E-state index contributed by atoms with van der Waals surface area (Å²) in [5.41, 5.74) is 0.628. The lowest BCUT2D eigenvalue weighted by Gasteiger charge is -2.38. The molecule has 1 spiro atoms.